The van der Waals surface area contributed by atoms with Gasteiger partial charge in [0.05, 0.1) is 13.2 Å². The Balaban J connectivity index is 1.68. The van der Waals surface area contributed by atoms with Crippen molar-refractivity contribution < 1.29 is 14.6 Å². The lowest BCUT2D eigenvalue weighted by Crippen LogP contribution is -2.48. The van der Waals surface area contributed by atoms with Crippen molar-refractivity contribution >= 4 is 0 Å². The third kappa shape index (κ3) is 3.01. The lowest BCUT2D eigenvalue weighted by molar-refractivity contribution is 0.181. The number of benzene rings is 1. The molecule has 7 heteroatoms. The van der Waals surface area contributed by atoms with Crippen molar-refractivity contribution in [2.75, 3.05) is 6.61 Å². The molecular weight excluding hydrogens is 332 g/mol. The van der Waals surface area contributed by atoms with Crippen LogP contribution in [0.1, 0.15) is 23.1 Å². The van der Waals surface area contributed by atoms with Gasteiger partial charge in [-0.15, -0.1) is 10.2 Å². The summed E-state index contributed by atoms with van der Waals surface area (Å²) in [5, 5.41) is 27.2. The quantitative estimate of drug-likeness (QED) is 0.650. The van der Waals surface area contributed by atoms with Gasteiger partial charge in [0.2, 0.25) is 11.8 Å². The minimum absolute atomic E-state index is 0.0344. The molecule has 1 aliphatic carbocycles. The number of hydrogen-bond donors (Lipinski definition) is 3. The fraction of sp³-hybridized carbons (Fsp3) is 0.316. The first kappa shape index (κ1) is 16.8. The molecule has 26 heavy (non-hydrogen) atoms. The highest BCUT2D eigenvalue weighted by atomic mass is 16.4. The molecule has 2 heterocycles. The predicted molar refractivity (Wildman–Crippen MR) is 94.9 cm³/mol. The molecule has 0 spiro atoms. The van der Waals surface area contributed by atoms with E-state index in [2.05, 4.69) is 21.2 Å². The number of hydrogen-bond acceptors (Lipinski definition) is 7. The zero-order valence-electron chi connectivity index (χ0n) is 14.2. The Labute approximate surface area is 150 Å². The summed E-state index contributed by atoms with van der Waals surface area (Å²) < 4.78 is 5.83. The summed E-state index contributed by atoms with van der Waals surface area (Å²) in [6.45, 7) is -0.188. The van der Waals surface area contributed by atoms with Gasteiger partial charge >= 0.3 is 0 Å². The summed E-state index contributed by atoms with van der Waals surface area (Å²) in [5.41, 5.74) is 10.1. The van der Waals surface area contributed by atoms with E-state index in [4.69, 9.17) is 10.2 Å². The van der Waals surface area contributed by atoms with Crippen LogP contribution in [0.2, 0.25) is 0 Å². The molecule has 1 unspecified atom stereocenters. The number of nitrogens with zero attached hydrogens (tertiary/aromatic N) is 3. The van der Waals surface area contributed by atoms with Crippen molar-refractivity contribution in [2.24, 2.45) is 5.73 Å². The number of rotatable bonds is 4. The van der Waals surface area contributed by atoms with Gasteiger partial charge < -0.3 is 20.4 Å². The topological polar surface area (TPSA) is 118 Å². The molecule has 4 rings (SSSR count). The molecule has 0 radical (unpaired) electrons. The first-order valence-electron chi connectivity index (χ1n) is 8.51. The predicted octanol–water partition coefficient (Wildman–Crippen LogP) is 1.47. The van der Waals surface area contributed by atoms with Crippen molar-refractivity contribution in [1.82, 2.24) is 15.2 Å². The van der Waals surface area contributed by atoms with Crippen molar-refractivity contribution in [3.63, 3.8) is 0 Å². The fourth-order valence-electron chi connectivity index (χ4n) is 3.36. The average Bonchev–Trinajstić information content (AvgIpc) is 3.17. The maximum Gasteiger partial charge on any atom is 0.248 e. The van der Waals surface area contributed by atoms with Gasteiger partial charge in [-0.3, -0.25) is 4.98 Å². The summed E-state index contributed by atoms with van der Waals surface area (Å²) in [6.07, 6.45) is 5.43. The molecule has 1 aliphatic rings. The van der Waals surface area contributed by atoms with E-state index < -0.39 is 5.54 Å². The molecule has 0 saturated heterocycles. The third-order valence-electron chi connectivity index (χ3n) is 4.93. The summed E-state index contributed by atoms with van der Waals surface area (Å²) in [7, 11) is 0. The standard InChI is InChI=1S/C19H20N4O3/c20-19(11-25)5-3-12-1-2-13(7-14(12)8-19)17-22-23-18(26-17)16-4-6-21-9-15(16)10-24/h1-2,4,6-7,9,24-25H,3,5,8,10-11,20H2. The molecule has 7 nitrogen and oxygen atoms in total. The van der Waals surface area contributed by atoms with Crippen LogP contribution in [0.3, 0.4) is 0 Å². The molecule has 3 aromatic rings. The van der Waals surface area contributed by atoms with Gasteiger partial charge in [0.1, 0.15) is 0 Å². The average molecular weight is 352 g/mol. The summed E-state index contributed by atoms with van der Waals surface area (Å²) in [6, 6.07) is 7.75. The molecule has 0 saturated carbocycles. The van der Waals surface area contributed by atoms with Crippen molar-refractivity contribution in [3.8, 4) is 22.9 Å². The van der Waals surface area contributed by atoms with Crippen LogP contribution < -0.4 is 5.73 Å². The van der Waals surface area contributed by atoms with Gasteiger partial charge in [0, 0.05) is 34.6 Å². The molecule has 2 aromatic heterocycles. The van der Waals surface area contributed by atoms with E-state index in [0.717, 1.165) is 24.0 Å². The fourth-order valence-corrected chi connectivity index (χ4v) is 3.36. The van der Waals surface area contributed by atoms with Crippen LogP contribution in [0, 0.1) is 0 Å². The summed E-state index contributed by atoms with van der Waals surface area (Å²) >= 11 is 0. The van der Waals surface area contributed by atoms with Crippen LogP contribution in [0.15, 0.2) is 41.1 Å². The second kappa shape index (κ2) is 6.60. The SMILES string of the molecule is NC1(CO)CCc2ccc(-c3nnc(-c4ccncc4CO)o3)cc2C1. The van der Waals surface area contributed by atoms with Gasteiger partial charge in [0.25, 0.3) is 0 Å². The number of nitrogens with two attached hydrogens (primary N) is 1. The van der Waals surface area contributed by atoms with E-state index in [-0.39, 0.29) is 13.2 Å². The second-order valence-corrected chi connectivity index (χ2v) is 6.78. The van der Waals surface area contributed by atoms with E-state index in [1.807, 2.05) is 12.1 Å². The van der Waals surface area contributed by atoms with Gasteiger partial charge in [-0.25, -0.2) is 0 Å². The Bertz CT molecular complexity index is 940. The van der Waals surface area contributed by atoms with E-state index in [1.165, 1.54) is 5.56 Å². The number of aliphatic hydroxyl groups excluding tert-OH is 2. The Morgan fingerprint density at radius 3 is 2.77 bits per heavy atom. The Kier molecular flexibility index (Phi) is 4.28. The lowest BCUT2D eigenvalue weighted by Gasteiger charge is -2.33. The molecule has 4 N–H and O–H groups in total. The van der Waals surface area contributed by atoms with Gasteiger partial charge in [-0.05, 0) is 48.6 Å². The third-order valence-corrected chi connectivity index (χ3v) is 4.93. The van der Waals surface area contributed by atoms with Crippen LogP contribution in [0.25, 0.3) is 22.9 Å². The minimum Gasteiger partial charge on any atom is -0.416 e. The van der Waals surface area contributed by atoms with Gasteiger partial charge in [0.15, 0.2) is 0 Å². The van der Waals surface area contributed by atoms with Crippen LogP contribution in [0.4, 0.5) is 0 Å². The molecule has 134 valence electrons. The lowest BCUT2D eigenvalue weighted by atomic mass is 9.78. The number of fused-ring (bicyclic) bond motifs is 1. The number of pyridine rings is 1. The first-order valence-corrected chi connectivity index (χ1v) is 8.51. The molecular formula is C19H20N4O3. The highest BCUT2D eigenvalue weighted by Gasteiger charge is 2.30. The van der Waals surface area contributed by atoms with Crippen LogP contribution in [-0.2, 0) is 19.4 Å². The first-order chi connectivity index (χ1) is 12.6. The van der Waals surface area contributed by atoms with Crippen molar-refractivity contribution in [3.05, 3.63) is 53.3 Å². The van der Waals surface area contributed by atoms with Crippen molar-refractivity contribution in [2.45, 2.75) is 31.4 Å². The maximum atomic E-state index is 9.55. The largest absolute Gasteiger partial charge is 0.416 e. The molecule has 0 fully saturated rings. The molecule has 1 atom stereocenters. The number of aryl methyl sites for hydroxylation is 1. The molecule has 0 bridgehead atoms. The van der Waals surface area contributed by atoms with Gasteiger partial charge in [-0.1, -0.05) is 6.07 Å². The number of aromatic nitrogens is 3. The van der Waals surface area contributed by atoms with E-state index >= 15 is 0 Å². The monoisotopic (exact) mass is 352 g/mol. The number of aliphatic hydroxyl groups is 2. The highest BCUT2D eigenvalue weighted by Crippen LogP contribution is 2.32. The summed E-state index contributed by atoms with van der Waals surface area (Å²) in [5.74, 6) is 0.744. The minimum atomic E-state index is -0.571. The molecule has 0 aliphatic heterocycles. The zero-order valence-corrected chi connectivity index (χ0v) is 14.2. The van der Waals surface area contributed by atoms with E-state index in [1.54, 1.807) is 18.5 Å². The Morgan fingerprint density at radius 2 is 1.96 bits per heavy atom. The smallest absolute Gasteiger partial charge is 0.248 e. The highest BCUT2D eigenvalue weighted by molar-refractivity contribution is 5.61. The van der Waals surface area contributed by atoms with Gasteiger partial charge in [-0.2, -0.15) is 0 Å². The summed E-state index contributed by atoms with van der Waals surface area (Å²) in [4.78, 5) is 3.99. The normalized spacial score (nSPS) is 19.3. The van der Waals surface area contributed by atoms with Crippen LogP contribution in [0.5, 0.6) is 0 Å². The van der Waals surface area contributed by atoms with E-state index in [0.29, 0.717) is 29.3 Å². The maximum absolute atomic E-state index is 9.55. The van der Waals surface area contributed by atoms with Crippen LogP contribution in [-0.4, -0.2) is 37.5 Å². The molecule has 1 aromatic carbocycles. The Hall–Kier alpha value is -2.61. The second-order valence-electron chi connectivity index (χ2n) is 6.78. The molecule has 0 amide bonds. The van der Waals surface area contributed by atoms with Crippen molar-refractivity contribution in [1.29, 1.82) is 0 Å². The Morgan fingerprint density at radius 1 is 1.12 bits per heavy atom. The zero-order chi connectivity index (χ0) is 18.1. The van der Waals surface area contributed by atoms with E-state index in [9.17, 15) is 10.2 Å². The van der Waals surface area contributed by atoms with Crippen LogP contribution >= 0.6 is 0 Å².